The molecule has 2 aromatic heterocycles. The van der Waals surface area contributed by atoms with Gasteiger partial charge in [0.05, 0.1) is 34.8 Å². The minimum atomic E-state index is 0.245. The molecule has 0 bridgehead atoms. The number of anilines is 1. The zero-order chi connectivity index (χ0) is 23.1. The van der Waals surface area contributed by atoms with Gasteiger partial charge in [-0.1, -0.05) is 55.5 Å². The van der Waals surface area contributed by atoms with Crippen LogP contribution in [0, 0.1) is 4.77 Å². The third kappa shape index (κ3) is 3.55. The molecule has 1 atom stereocenters. The molecule has 0 fully saturated rings. The number of aromatic amines is 2. The number of nitrogens with one attached hydrogen (secondary N) is 3. The van der Waals surface area contributed by atoms with Gasteiger partial charge >= 0.3 is 0 Å². The number of H-pyrrole nitrogens is 2. The lowest BCUT2D eigenvalue weighted by Crippen LogP contribution is -2.18. The van der Waals surface area contributed by atoms with Crippen LogP contribution < -0.4 is 5.32 Å². The summed E-state index contributed by atoms with van der Waals surface area (Å²) in [6, 6.07) is 23.9. The zero-order valence-electron chi connectivity index (χ0n) is 19.1. The molecule has 0 aliphatic heterocycles. The summed E-state index contributed by atoms with van der Waals surface area (Å²) in [5.74, 6) is 0.970. The molecule has 6 rings (SSSR count). The van der Waals surface area contributed by atoms with E-state index >= 15 is 0 Å². The van der Waals surface area contributed by atoms with Gasteiger partial charge in [0.15, 0.2) is 4.77 Å². The number of rotatable bonds is 5. The number of fused-ring (bicyclic) bond motifs is 2. The quantitative estimate of drug-likeness (QED) is 0.242. The van der Waals surface area contributed by atoms with Gasteiger partial charge in [0.2, 0.25) is 0 Å². The Morgan fingerprint density at radius 2 is 1.94 bits per heavy atom. The molecule has 2 heterocycles. The molecule has 170 valence electrons. The van der Waals surface area contributed by atoms with Crippen molar-refractivity contribution in [3.05, 3.63) is 94.5 Å². The van der Waals surface area contributed by atoms with Crippen molar-refractivity contribution in [1.82, 2.24) is 19.5 Å². The van der Waals surface area contributed by atoms with E-state index in [1.165, 1.54) is 28.7 Å². The van der Waals surface area contributed by atoms with E-state index in [4.69, 9.17) is 12.2 Å². The van der Waals surface area contributed by atoms with Crippen LogP contribution in [0.1, 0.15) is 42.5 Å². The van der Waals surface area contributed by atoms with Gasteiger partial charge in [-0.2, -0.15) is 0 Å². The molecule has 34 heavy (non-hydrogen) atoms. The number of aryl methyl sites for hydroxylation is 2. The minimum absolute atomic E-state index is 0.245. The fourth-order valence-electron chi connectivity index (χ4n) is 5.24. The van der Waals surface area contributed by atoms with E-state index in [0.717, 1.165) is 47.5 Å². The van der Waals surface area contributed by atoms with Gasteiger partial charge < -0.3 is 15.3 Å². The maximum Gasteiger partial charge on any atom is 0.183 e. The molecule has 1 aliphatic rings. The number of benzene rings is 3. The minimum Gasteiger partial charge on any atom is -0.363 e. The van der Waals surface area contributed by atoms with Crippen molar-refractivity contribution >= 4 is 29.1 Å². The predicted octanol–water partition coefficient (Wildman–Crippen LogP) is 7.13. The van der Waals surface area contributed by atoms with Crippen LogP contribution in [0.3, 0.4) is 0 Å². The van der Waals surface area contributed by atoms with E-state index in [-0.39, 0.29) is 6.04 Å². The maximum atomic E-state index is 5.91. The van der Waals surface area contributed by atoms with Gasteiger partial charge in [0, 0.05) is 5.56 Å². The molecule has 1 aliphatic carbocycles. The van der Waals surface area contributed by atoms with Crippen LogP contribution in [0.5, 0.6) is 0 Å². The molecule has 5 nitrogen and oxygen atoms in total. The predicted molar refractivity (Wildman–Crippen MR) is 141 cm³/mol. The topological polar surface area (TPSA) is 61.4 Å². The maximum absolute atomic E-state index is 5.91. The summed E-state index contributed by atoms with van der Waals surface area (Å²) < 4.78 is 2.83. The Kier molecular flexibility index (Phi) is 5.30. The summed E-state index contributed by atoms with van der Waals surface area (Å²) in [7, 11) is 0. The highest BCUT2D eigenvalue weighted by atomic mass is 32.1. The Hall–Kier alpha value is -3.64. The summed E-state index contributed by atoms with van der Waals surface area (Å²) in [5.41, 5.74) is 9.32. The number of aromatic nitrogens is 4. The fourth-order valence-corrected chi connectivity index (χ4v) is 5.54. The lowest BCUT2D eigenvalue weighted by atomic mass is 9.87. The summed E-state index contributed by atoms with van der Waals surface area (Å²) in [6.45, 7) is 2.20. The van der Waals surface area contributed by atoms with Crippen LogP contribution in [-0.2, 0) is 12.8 Å². The number of hydrogen-bond acceptors (Lipinski definition) is 3. The molecular formula is C28H27N5S. The molecule has 3 N–H and O–H groups in total. The molecule has 0 amide bonds. The molecule has 1 unspecified atom stereocenters. The van der Waals surface area contributed by atoms with Crippen LogP contribution in [0.25, 0.3) is 28.0 Å². The molecular weight excluding hydrogens is 438 g/mol. The second kappa shape index (κ2) is 8.61. The number of hydrogen-bond donors (Lipinski definition) is 3. The SMILES string of the molecule is CCc1ccccc1-c1c(NC2CCCc3ccccc32)[nH]c(=S)n1-c1ccc2nc[nH]c2c1. The van der Waals surface area contributed by atoms with E-state index in [1.54, 1.807) is 6.33 Å². The van der Waals surface area contributed by atoms with Gasteiger partial charge in [-0.25, -0.2) is 4.98 Å². The largest absolute Gasteiger partial charge is 0.363 e. The highest BCUT2D eigenvalue weighted by Crippen LogP contribution is 2.38. The summed E-state index contributed by atoms with van der Waals surface area (Å²) in [6.07, 6.45) is 6.08. The van der Waals surface area contributed by atoms with Crippen LogP contribution in [0.15, 0.2) is 73.1 Å². The monoisotopic (exact) mass is 465 g/mol. The van der Waals surface area contributed by atoms with E-state index in [1.807, 2.05) is 6.07 Å². The Labute approximate surface area is 203 Å². The number of imidazole rings is 2. The molecule has 0 saturated carbocycles. The molecule has 0 saturated heterocycles. The number of nitrogens with zero attached hydrogens (tertiary/aromatic N) is 2. The van der Waals surface area contributed by atoms with Gasteiger partial charge in [-0.3, -0.25) is 4.57 Å². The molecule has 0 spiro atoms. The van der Waals surface area contributed by atoms with Crippen molar-refractivity contribution in [2.45, 2.75) is 38.6 Å². The molecule has 3 aromatic carbocycles. The summed E-state index contributed by atoms with van der Waals surface area (Å²) >= 11 is 5.91. The summed E-state index contributed by atoms with van der Waals surface area (Å²) in [4.78, 5) is 11.1. The van der Waals surface area contributed by atoms with Crippen LogP contribution in [0.4, 0.5) is 5.82 Å². The standard InChI is InChI=1S/C28H27N5S/c1-2-18-8-3-6-12-22(18)26-27(31-23-13-7-10-19-9-4-5-11-21(19)23)32-28(34)33(26)20-14-15-24-25(16-20)30-17-29-24/h3-6,8-9,11-12,14-17,23,31H,2,7,10,13H2,1H3,(H,29,30)(H,32,34). The van der Waals surface area contributed by atoms with Crippen molar-refractivity contribution < 1.29 is 0 Å². The van der Waals surface area contributed by atoms with E-state index in [2.05, 4.69) is 92.4 Å². The highest BCUT2D eigenvalue weighted by Gasteiger charge is 2.24. The van der Waals surface area contributed by atoms with Crippen LogP contribution >= 0.6 is 12.2 Å². The van der Waals surface area contributed by atoms with Gasteiger partial charge in [-0.15, -0.1) is 0 Å². The molecule has 5 aromatic rings. The van der Waals surface area contributed by atoms with E-state index < -0.39 is 0 Å². The van der Waals surface area contributed by atoms with Crippen molar-refractivity contribution in [3.8, 4) is 16.9 Å². The van der Waals surface area contributed by atoms with E-state index in [0.29, 0.717) is 4.77 Å². The first-order valence-electron chi connectivity index (χ1n) is 11.9. The molecule has 0 radical (unpaired) electrons. The lowest BCUT2D eigenvalue weighted by molar-refractivity contribution is 0.599. The van der Waals surface area contributed by atoms with Crippen LogP contribution in [-0.4, -0.2) is 19.5 Å². The van der Waals surface area contributed by atoms with Crippen molar-refractivity contribution in [3.63, 3.8) is 0 Å². The van der Waals surface area contributed by atoms with Crippen molar-refractivity contribution in [1.29, 1.82) is 0 Å². The third-order valence-corrected chi connectivity index (χ3v) is 7.18. The highest BCUT2D eigenvalue weighted by molar-refractivity contribution is 7.71. The Morgan fingerprint density at radius 3 is 2.85 bits per heavy atom. The Morgan fingerprint density at radius 1 is 1.09 bits per heavy atom. The lowest BCUT2D eigenvalue weighted by Gasteiger charge is -2.27. The van der Waals surface area contributed by atoms with Crippen molar-refractivity contribution in [2.75, 3.05) is 5.32 Å². The smallest absolute Gasteiger partial charge is 0.183 e. The van der Waals surface area contributed by atoms with Gasteiger partial charge in [0.1, 0.15) is 5.82 Å². The van der Waals surface area contributed by atoms with Gasteiger partial charge in [-0.05, 0) is 72.8 Å². The Balaban J connectivity index is 1.54. The Bertz CT molecular complexity index is 1540. The third-order valence-electron chi connectivity index (χ3n) is 6.90. The zero-order valence-corrected chi connectivity index (χ0v) is 20.0. The van der Waals surface area contributed by atoms with Crippen molar-refractivity contribution in [2.24, 2.45) is 0 Å². The fraction of sp³-hybridized carbons (Fsp3) is 0.214. The van der Waals surface area contributed by atoms with E-state index in [9.17, 15) is 0 Å². The first-order chi connectivity index (χ1) is 16.7. The summed E-state index contributed by atoms with van der Waals surface area (Å²) in [5, 5.41) is 3.86. The first kappa shape index (κ1) is 20.9. The normalized spacial score (nSPS) is 15.4. The van der Waals surface area contributed by atoms with Gasteiger partial charge in [0.25, 0.3) is 0 Å². The molecule has 6 heteroatoms. The average Bonchev–Trinajstić information content (AvgIpc) is 3.47. The second-order valence-electron chi connectivity index (χ2n) is 8.89. The second-order valence-corrected chi connectivity index (χ2v) is 9.28. The average molecular weight is 466 g/mol. The first-order valence-corrected chi connectivity index (χ1v) is 12.3. The van der Waals surface area contributed by atoms with Crippen LogP contribution in [0.2, 0.25) is 0 Å².